The van der Waals surface area contributed by atoms with Gasteiger partial charge in [0.25, 0.3) is 0 Å². The van der Waals surface area contributed by atoms with E-state index in [0.717, 1.165) is 24.6 Å². The molecule has 4 nitrogen and oxygen atoms in total. The molecule has 1 heterocycles. The summed E-state index contributed by atoms with van der Waals surface area (Å²) in [4.78, 5) is 11.2. The van der Waals surface area contributed by atoms with Crippen molar-refractivity contribution < 1.29 is 0 Å². The lowest BCUT2D eigenvalue weighted by molar-refractivity contribution is 0.564. The van der Waals surface area contributed by atoms with Crippen LogP contribution in [0.2, 0.25) is 0 Å². The fourth-order valence-corrected chi connectivity index (χ4v) is 1.76. The smallest absolute Gasteiger partial charge is 0.147 e. The van der Waals surface area contributed by atoms with Gasteiger partial charge in [-0.05, 0) is 26.8 Å². The Labute approximate surface area is 104 Å². The molecule has 1 N–H and O–H groups in total. The second-order valence-electron chi connectivity index (χ2n) is 5.04. The summed E-state index contributed by atoms with van der Waals surface area (Å²) in [6, 6.07) is 0.441. The van der Waals surface area contributed by atoms with Crippen LogP contribution in [0.15, 0.2) is 12.4 Å². The van der Waals surface area contributed by atoms with E-state index in [1.807, 2.05) is 19.4 Å². The standard InChI is InChI=1S/C13H24N4/c1-10(2)9-17(11(3)4)13-8-15-7-12(16-13)6-14-5/h7-8,10-11,14H,6,9H2,1-5H3. The van der Waals surface area contributed by atoms with E-state index in [4.69, 9.17) is 0 Å². The highest BCUT2D eigenvalue weighted by atomic mass is 15.2. The summed E-state index contributed by atoms with van der Waals surface area (Å²) in [7, 11) is 1.92. The van der Waals surface area contributed by atoms with Crippen LogP contribution in [-0.2, 0) is 6.54 Å². The zero-order valence-electron chi connectivity index (χ0n) is 11.6. The molecule has 0 unspecified atom stereocenters. The van der Waals surface area contributed by atoms with Crippen molar-refractivity contribution >= 4 is 5.82 Å². The number of nitrogens with one attached hydrogen (secondary N) is 1. The fourth-order valence-electron chi connectivity index (χ4n) is 1.76. The molecule has 0 radical (unpaired) electrons. The van der Waals surface area contributed by atoms with Crippen LogP contribution < -0.4 is 10.2 Å². The van der Waals surface area contributed by atoms with Crippen molar-refractivity contribution in [3.63, 3.8) is 0 Å². The number of aromatic nitrogens is 2. The predicted octanol–water partition coefficient (Wildman–Crippen LogP) is 2.07. The molecule has 1 aromatic rings. The highest BCUT2D eigenvalue weighted by molar-refractivity contribution is 5.37. The average molecular weight is 236 g/mol. The summed E-state index contributed by atoms with van der Waals surface area (Å²) in [6.07, 6.45) is 3.66. The van der Waals surface area contributed by atoms with Gasteiger partial charge in [0, 0.05) is 25.3 Å². The first-order valence-electron chi connectivity index (χ1n) is 6.26. The van der Waals surface area contributed by atoms with Gasteiger partial charge in [-0.1, -0.05) is 13.8 Å². The maximum atomic E-state index is 4.64. The summed E-state index contributed by atoms with van der Waals surface area (Å²) >= 11 is 0. The van der Waals surface area contributed by atoms with Gasteiger partial charge in [0.15, 0.2) is 0 Å². The maximum absolute atomic E-state index is 4.64. The molecule has 0 spiro atoms. The Bertz CT molecular complexity index is 336. The van der Waals surface area contributed by atoms with Crippen LogP contribution in [-0.4, -0.2) is 29.6 Å². The number of hydrogen-bond acceptors (Lipinski definition) is 4. The van der Waals surface area contributed by atoms with E-state index < -0.39 is 0 Å². The van der Waals surface area contributed by atoms with E-state index in [9.17, 15) is 0 Å². The van der Waals surface area contributed by atoms with Gasteiger partial charge in [-0.2, -0.15) is 0 Å². The summed E-state index contributed by atoms with van der Waals surface area (Å²) in [5.41, 5.74) is 0.986. The first-order chi connectivity index (χ1) is 8.04. The van der Waals surface area contributed by atoms with Crippen LogP contribution in [0.5, 0.6) is 0 Å². The van der Waals surface area contributed by atoms with Crippen LogP contribution >= 0.6 is 0 Å². The molecule has 0 amide bonds. The first-order valence-corrected chi connectivity index (χ1v) is 6.26. The van der Waals surface area contributed by atoms with Gasteiger partial charge in [-0.15, -0.1) is 0 Å². The SMILES string of the molecule is CNCc1cncc(N(CC(C)C)C(C)C)n1. The molecule has 0 fully saturated rings. The Balaban J connectivity index is 2.89. The summed E-state index contributed by atoms with van der Waals surface area (Å²) in [5, 5.41) is 3.10. The Morgan fingerprint density at radius 3 is 2.47 bits per heavy atom. The molecule has 0 aromatic carbocycles. The predicted molar refractivity (Wildman–Crippen MR) is 72.1 cm³/mol. The molecule has 0 aliphatic heterocycles. The molecule has 0 bridgehead atoms. The van der Waals surface area contributed by atoms with E-state index in [0.29, 0.717) is 12.0 Å². The first kappa shape index (κ1) is 13.9. The van der Waals surface area contributed by atoms with E-state index >= 15 is 0 Å². The lowest BCUT2D eigenvalue weighted by Gasteiger charge is -2.29. The number of anilines is 1. The van der Waals surface area contributed by atoms with Gasteiger partial charge < -0.3 is 10.2 Å². The third-order valence-electron chi connectivity index (χ3n) is 2.51. The molecule has 0 saturated carbocycles. The Hall–Kier alpha value is -1.16. The van der Waals surface area contributed by atoms with Crippen molar-refractivity contribution in [3.05, 3.63) is 18.1 Å². The van der Waals surface area contributed by atoms with E-state index in [1.165, 1.54) is 0 Å². The molecule has 17 heavy (non-hydrogen) atoms. The summed E-state index contributed by atoms with van der Waals surface area (Å²) in [5.74, 6) is 1.59. The Kier molecular flexibility index (Phi) is 5.35. The third-order valence-corrected chi connectivity index (χ3v) is 2.51. The van der Waals surface area contributed by atoms with Crippen molar-refractivity contribution in [1.82, 2.24) is 15.3 Å². The number of hydrogen-bond donors (Lipinski definition) is 1. The zero-order valence-corrected chi connectivity index (χ0v) is 11.6. The van der Waals surface area contributed by atoms with Crippen LogP contribution in [0.4, 0.5) is 5.82 Å². The molecule has 96 valence electrons. The number of nitrogens with zero attached hydrogens (tertiary/aromatic N) is 3. The van der Waals surface area contributed by atoms with Gasteiger partial charge in [0.05, 0.1) is 11.9 Å². The molecule has 1 aromatic heterocycles. The van der Waals surface area contributed by atoms with E-state index in [-0.39, 0.29) is 0 Å². The monoisotopic (exact) mass is 236 g/mol. The molecular weight excluding hydrogens is 212 g/mol. The minimum Gasteiger partial charge on any atom is -0.353 e. The lowest BCUT2D eigenvalue weighted by atomic mass is 10.2. The molecule has 4 heteroatoms. The van der Waals surface area contributed by atoms with Gasteiger partial charge in [0.1, 0.15) is 5.82 Å². The van der Waals surface area contributed by atoms with E-state index in [1.54, 1.807) is 0 Å². The van der Waals surface area contributed by atoms with Crippen LogP contribution in [0.1, 0.15) is 33.4 Å². The fraction of sp³-hybridized carbons (Fsp3) is 0.692. The van der Waals surface area contributed by atoms with E-state index in [2.05, 4.69) is 47.9 Å². The molecule has 0 saturated heterocycles. The van der Waals surface area contributed by atoms with Crippen molar-refractivity contribution in [2.24, 2.45) is 5.92 Å². The minimum atomic E-state index is 0.441. The summed E-state index contributed by atoms with van der Waals surface area (Å²) < 4.78 is 0. The topological polar surface area (TPSA) is 41.1 Å². The van der Waals surface area contributed by atoms with Gasteiger partial charge in [-0.25, -0.2) is 4.98 Å². The maximum Gasteiger partial charge on any atom is 0.147 e. The minimum absolute atomic E-state index is 0.441. The lowest BCUT2D eigenvalue weighted by Crippen LogP contribution is -2.35. The van der Waals surface area contributed by atoms with Crippen molar-refractivity contribution in [3.8, 4) is 0 Å². The Morgan fingerprint density at radius 2 is 1.94 bits per heavy atom. The average Bonchev–Trinajstić information content (AvgIpc) is 2.26. The molecule has 0 atom stereocenters. The van der Waals surface area contributed by atoms with Crippen LogP contribution in [0, 0.1) is 5.92 Å². The highest BCUT2D eigenvalue weighted by Gasteiger charge is 2.14. The zero-order chi connectivity index (χ0) is 12.8. The second kappa shape index (κ2) is 6.55. The van der Waals surface area contributed by atoms with Gasteiger partial charge in [0.2, 0.25) is 0 Å². The van der Waals surface area contributed by atoms with Gasteiger partial charge in [-0.3, -0.25) is 4.98 Å². The quantitative estimate of drug-likeness (QED) is 0.821. The third kappa shape index (κ3) is 4.30. The van der Waals surface area contributed by atoms with Crippen LogP contribution in [0.25, 0.3) is 0 Å². The van der Waals surface area contributed by atoms with Gasteiger partial charge >= 0.3 is 0 Å². The Morgan fingerprint density at radius 1 is 1.24 bits per heavy atom. The highest BCUT2D eigenvalue weighted by Crippen LogP contribution is 2.15. The van der Waals surface area contributed by atoms with Crippen LogP contribution in [0.3, 0.4) is 0 Å². The molecule has 0 aliphatic rings. The largest absolute Gasteiger partial charge is 0.353 e. The normalized spacial score (nSPS) is 11.2. The molecular formula is C13H24N4. The summed E-state index contributed by atoms with van der Waals surface area (Å²) in [6.45, 7) is 10.6. The van der Waals surface area contributed by atoms with Crippen molar-refractivity contribution in [2.45, 2.75) is 40.3 Å². The number of rotatable bonds is 6. The molecule has 1 rings (SSSR count). The molecule has 0 aliphatic carbocycles. The van der Waals surface area contributed by atoms with Crippen molar-refractivity contribution in [1.29, 1.82) is 0 Å². The second-order valence-corrected chi connectivity index (χ2v) is 5.04. The van der Waals surface area contributed by atoms with Crippen molar-refractivity contribution in [2.75, 3.05) is 18.5 Å².